The lowest BCUT2D eigenvalue weighted by molar-refractivity contribution is 0.212. The molecule has 1 saturated carbocycles. The molecule has 1 rings (SSSR count). The molecule has 0 amide bonds. The van der Waals surface area contributed by atoms with Gasteiger partial charge in [0, 0.05) is 6.04 Å². The van der Waals surface area contributed by atoms with Gasteiger partial charge in [0.1, 0.15) is 5.54 Å². The molecule has 1 atom stereocenters. The van der Waals surface area contributed by atoms with Crippen molar-refractivity contribution in [3.8, 4) is 6.07 Å². The molecule has 2 N–H and O–H groups in total. The first-order valence-corrected chi connectivity index (χ1v) is 7.51. The van der Waals surface area contributed by atoms with Gasteiger partial charge < -0.3 is 10.6 Å². The number of nitrogens with two attached hydrogens (primary N) is 1. The molecule has 0 aromatic carbocycles. The van der Waals surface area contributed by atoms with Gasteiger partial charge in [-0.2, -0.15) is 5.26 Å². The van der Waals surface area contributed by atoms with E-state index in [0.717, 1.165) is 31.8 Å². The second-order valence-electron chi connectivity index (χ2n) is 5.85. The van der Waals surface area contributed by atoms with Crippen LogP contribution >= 0.6 is 0 Å². The zero-order valence-electron chi connectivity index (χ0n) is 12.1. The molecular formula is C15H29N3. The second kappa shape index (κ2) is 7.76. The Morgan fingerprint density at radius 1 is 1.28 bits per heavy atom. The van der Waals surface area contributed by atoms with Crippen molar-refractivity contribution < 1.29 is 0 Å². The predicted octanol–water partition coefficient (Wildman–Crippen LogP) is 3.05. The fourth-order valence-corrected chi connectivity index (χ4v) is 2.84. The van der Waals surface area contributed by atoms with Gasteiger partial charge in [0.05, 0.1) is 6.07 Å². The van der Waals surface area contributed by atoms with Crippen LogP contribution in [0.5, 0.6) is 0 Å². The highest BCUT2D eigenvalue weighted by Gasteiger charge is 2.22. The lowest BCUT2D eigenvalue weighted by atomic mass is 9.93. The summed E-state index contributed by atoms with van der Waals surface area (Å²) in [6.45, 7) is 3.07. The summed E-state index contributed by atoms with van der Waals surface area (Å²) in [5.74, 6) is 0. The Kier molecular flexibility index (Phi) is 6.67. The van der Waals surface area contributed by atoms with E-state index >= 15 is 0 Å². The van der Waals surface area contributed by atoms with Crippen LogP contribution in [0.4, 0.5) is 0 Å². The Labute approximate surface area is 112 Å². The van der Waals surface area contributed by atoms with E-state index < -0.39 is 5.54 Å². The van der Waals surface area contributed by atoms with Gasteiger partial charge >= 0.3 is 0 Å². The molecular weight excluding hydrogens is 222 g/mol. The van der Waals surface area contributed by atoms with Crippen LogP contribution in [0.3, 0.4) is 0 Å². The Balaban J connectivity index is 2.27. The van der Waals surface area contributed by atoms with Crippen molar-refractivity contribution in [3.63, 3.8) is 0 Å². The predicted molar refractivity (Wildman–Crippen MR) is 76.2 cm³/mol. The largest absolute Gasteiger partial charge is 0.313 e. The fourth-order valence-electron chi connectivity index (χ4n) is 2.84. The van der Waals surface area contributed by atoms with Crippen LogP contribution in [0.15, 0.2) is 0 Å². The van der Waals surface area contributed by atoms with Gasteiger partial charge in [0.2, 0.25) is 0 Å². The molecule has 1 fully saturated rings. The summed E-state index contributed by atoms with van der Waals surface area (Å²) in [4.78, 5) is 2.48. The fraction of sp³-hybridized carbons (Fsp3) is 0.933. The van der Waals surface area contributed by atoms with Crippen molar-refractivity contribution in [2.45, 2.75) is 76.3 Å². The molecule has 0 radical (unpaired) electrons. The van der Waals surface area contributed by atoms with Crippen molar-refractivity contribution in [2.24, 2.45) is 5.73 Å². The molecule has 104 valence electrons. The highest BCUT2D eigenvalue weighted by atomic mass is 15.1. The van der Waals surface area contributed by atoms with E-state index in [4.69, 9.17) is 11.0 Å². The van der Waals surface area contributed by atoms with E-state index in [1.54, 1.807) is 0 Å². The lowest BCUT2D eigenvalue weighted by Crippen LogP contribution is -2.39. The summed E-state index contributed by atoms with van der Waals surface area (Å²) in [7, 11) is 2.23. The molecule has 0 spiro atoms. The van der Waals surface area contributed by atoms with Crippen LogP contribution in [0.2, 0.25) is 0 Å². The van der Waals surface area contributed by atoms with Crippen molar-refractivity contribution in [1.29, 1.82) is 5.26 Å². The molecule has 0 heterocycles. The van der Waals surface area contributed by atoms with Gasteiger partial charge in [0.25, 0.3) is 0 Å². The average Bonchev–Trinajstić information content (AvgIpc) is 2.67. The third-order valence-corrected chi connectivity index (χ3v) is 4.44. The summed E-state index contributed by atoms with van der Waals surface area (Å²) < 4.78 is 0. The number of rotatable bonds is 6. The number of hydrogen-bond donors (Lipinski definition) is 1. The molecule has 0 aromatic rings. The van der Waals surface area contributed by atoms with E-state index in [0.29, 0.717) is 0 Å². The third kappa shape index (κ3) is 4.96. The molecule has 0 saturated heterocycles. The van der Waals surface area contributed by atoms with Gasteiger partial charge in [0.15, 0.2) is 0 Å². The molecule has 18 heavy (non-hydrogen) atoms. The minimum atomic E-state index is -0.607. The van der Waals surface area contributed by atoms with Crippen molar-refractivity contribution in [3.05, 3.63) is 0 Å². The minimum Gasteiger partial charge on any atom is -0.313 e. The standard InChI is InChI=1S/C15H29N3/c1-3-15(17,13-16)11-8-12-18(2)14-9-6-4-5-7-10-14/h14H,3-12,17H2,1-2H3. The maximum Gasteiger partial charge on any atom is 0.104 e. The molecule has 3 nitrogen and oxygen atoms in total. The maximum atomic E-state index is 9.05. The monoisotopic (exact) mass is 251 g/mol. The topological polar surface area (TPSA) is 53.1 Å². The third-order valence-electron chi connectivity index (χ3n) is 4.44. The zero-order chi connectivity index (χ0) is 13.4. The van der Waals surface area contributed by atoms with Crippen LogP contribution < -0.4 is 5.73 Å². The molecule has 3 heteroatoms. The number of nitriles is 1. The average molecular weight is 251 g/mol. The quantitative estimate of drug-likeness (QED) is 0.738. The lowest BCUT2D eigenvalue weighted by Gasteiger charge is -2.28. The van der Waals surface area contributed by atoms with Crippen LogP contribution in [0.1, 0.15) is 64.7 Å². The van der Waals surface area contributed by atoms with Gasteiger partial charge in [-0.05, 0) is 45.7 Å². The molecule has 1 aliphatic rings. The SMILES string of the molecule is CCC(N)(C#N)CCCN(C)C1CCCCCC1. The van der Waals surface area contributed by atoms with E-state index in [9.17, 15) is 0 Å². The highest BCUT2D eigenvalue weighted by Crippen LogP contribution is 2.22. The molecule has 0 bridgehead atoms. The van der Waals surface area contributed by atoms with Gasteiger partial charge in [-0.3, -0.25) is 0 Å². The smallest absolute Gasteiger partial charge is 0.104 e. The second-order valence-corrected chi connectivity index (χ2v) is 5.85. The van der Waals surface area contributed by atoms with Crippen molar-refractivity contribution >= 4 is 0 Å². The summed E-state index contributed by atoms with van der Waals surface area (Å²) in [6.07, 6.45) is 10.8. The van der Waals surface area contributed by atoms with Crippen LogP contribution in [-0.4, -0.2) is 30.1 Å². The summed E-state index contributed by atoms with van der Waals surface area (Å²) in [6, 6.07) is 3.00. The first-order valence-electron chi connectivity index (χ1n) is 7.51. The minimum absolute atomic E-state index is 0.607. The Hall–Kier alpha value is -0.590. The zero-order valence-corrected chi connectivity index (χ0v) is 12.1. The molecule has 1 unspecified atom stereocenters. The van der Waals surface area contributed by atoms with Crippen molar-refractivity contribution in [2.75, 3.05) is 13.6 Å². The summed E-state index contributed by atoms with van der Waals surface area (Å²) >= 11 is 0. The number of hydrogen-bond acceptors (Lipinski definition) is 3. The molecule has 1 aliphatic carbocycles. The first-order chi connectivity index (χ1) is 8.61. The highest BCUT2D eigenvalue weighted by molar-refractivity contribution is 5.03. The Bertz CT molecular complexity index is 263. The number of nitrogens with zero attached hydrogens (tertiary/aromatic N) is 2. The van der Waals surface area contributed by atoms with E-state index in [1.807, 2.05) is 6.92 Å². The Morgan fingerprint density at radius 3 is 2.39 bits per heavy atom. The van der Waals surface area contributed by atoms with Gasteiger partial charge in [-0.15, -0.1) is 0 Å². The van der Waals surface area contributed by atoms with Crippen LogP contribution in [0.25, 0.3) is 0 Å². The maximum absolute atomic E-state index is 9.05. The van der Waals surface area contributed by atoms with E-state index in [1.165, 1.54) is 38.5 Å². The van der Waals surface area contributed by atoms with Gasteiger partial charge in [-0.1, -0.05) is 32.6 Å². The van der Waals surface area contributed by atoms with Crippen molar-refractivity contribution in [1.82, 2.24) is 4.90 Å². The molecule has 0 aromatic heterocycles. The normalized spacial score (nSPS) is 21.3. The summed E-state index contributed by atoms with van der Waals surface area (Å²) in [5.41, 5.74) is 5.40. The summed E-state index contributed by atoms with van der Waals surface area (Å²) in [5, 5.41) is 9.05. The van der Waals surface area contributed by atoms with E-state index in [-0.39, 0.29) is 0 Å². The van der Waals surface area contributed by atoms with Crippen LogP contribution in [-0.2, 0) is 0 Å². The first kappa shape index (κ1) is 15.5. The van der Waals surface area contributed by atoms with E-state index in [2.05, 4.69) is 18.0 Å². The molecule has 0 aliphatic heterocycles. The van der Waals surface area contributed by atoms with Gasteiger partial charge in [-0.25, -0.2) is 0 Å². The Morgan fingerprint density at radius 2 is 1.89 bits per heavy atom. The van der Waals surface area contributed by atoms with Crippen LogP contribution in [0, 0.1) is 11.3 Å².